The normalized spacial score (nSPS) is 29.1. The Labute approximate surface area is 181 Å². The van der Waals surface area contributed by atoms with E-state index < -0.39 is 0 Å². The summed E-state index contributed by atoms with van der Waals surface area (Å²) in [6.45, 7) is 0. The Balaban J connectivity index is 1.23. The predicted molar refractivity (Wildman–Crippen MR) is 116 cm³/mol. The third kappa shape index (κ3) is 3.68. The number of ether oxygens (including phenoxy) is 2. The van der Waals surface area contributed by atoms with E-state index >= 15 is 0 Å². The number of aryl methyl sites for hydroxylation is 1. The number of rotatable bonds is 7. The number of amides is 1. The Morgan fingerprint density at radius 2 is 1.80 bits per heavy atom. The second kappa shape index (κ2) is 7.84. The standard InChI is InChI=1S/C23H29N3O3S/c1-28-18-4-5-19(29-2)17(10-18)3-6-20(27)24-22-26-25-21(30-22)23-11-14-7-15(12-23)9-16(8-14)13-23/h4-5,10,14-16H,3,6-9,11-13H2,1-2H3,(H,24,26,27). The second-order valence-corrected chi connectivity index (χ2v) is 10.3. The van der Waals surface area contributed by atoms with Crippen LogP contribution in [0.25, 0.3) is 0 Å². The Hall–Kier alpha value is -2.15. The van der Waals surface area contributed by atoms with Crippen molar-refractivity contribution in [1.29, 1.82) is 0 Å². The summed E-state index contributed by atoms with van der Waals surface area (Å²) in [6.07, 6.45) is 8.95. The van der Waals surface area contributed by atoms with Crippen molar-refractivity contribution >= 4 is 22.4 Å². The molecule has 4 bridgehead atoms. The van der Waals surface area contributed by atoms with Gasteiger partial charge in [-0.15, -0.1) is 10.2 Å². The lowest BCUT2D eigenvalue weighted by Crippen LogP contribution is -2.48. The third-order valence-corrected chi connectivity index (χ3v) is 8.36. The Kier molecular flexibility index (Phi) is 5.17. The number of carbonyl (C=O) groups is 1. The summed E-state index contributed by atoms with van der Waals surface area (Å²) in [6, 6.07) is 5.65. The van der Waals surface area contributed by atoms with Gasteiger partial charge in [0.1, 0.15) is 16.5 Å². The van der Waals surface area contributed by atoms with Gasteiger partial charge in [0.25, 0.3) is 0 Å². The molecule has 2 aromatic rings. The van der Waals surface area contributed by atoms with E-state index in [1.807, 2.05) is 18.2 Å². The van der Waals surface area contributed by atoms with Crippen molar-refractivity contribution in [2.24, 2.45) is 17.8 Å². The molecule has 30 heavy (non-hydrogen) atoms. The maximum Gasteiger partial charge on any atom is 0.226 e. The maximum atomic E-state index is 12.6. The van der Waals surface area contributed by atoms with E-state index in [4.69, 9.17) is 9.47 Å². The number of aromatic nitrogens is 2. The van der Waals surface area contributed by atoms with Crippen LogP contribution < -0.4 is 14.8 Å². The van der Waals surface area contributed by atoms with Gasteiger partial charge in [0.2, 0.25) is 11.0 Å². The molecule has 1 amide bonds. The van der Waals surface area contributed by atoms with Crippen molar-refractivity contribution in [2.75, 3.05) is 19.5 Å². The van der Waals surface area contributed by atoms with E-state index in [-0.39, 0.29) is 11.3 Å². The van der Waals surface area contributed by atoms with E-state index in [9.17, 15) is 4.79 Å². The Morgan fingerprint density at radius 1 is 1.10 bits per heavy atom. The largest absolute Gasteiger partial charge is 0.497 e. The van der Waals surface area contributed by atoms with Crippen LogP contribution in [0, 0.1) is 17.8 Å². The van der Waals surface area contributed by atoms with Gasteiger partial charge in [0, 0.05) is 11.8 Å². The number of nitrogens with zero attached hydrogens (tertiary/aromatic N) is 2. The molecule has 1 aromatic heterocycles. The number of benzene rings is 1. The molecule has 1 aromatic carbocycles. The highest BCUT2D eigenvalue weighted by Crippen LogP contribution is 2.61. The molecule has 7 heteroatoms. The van der Waals surface area contributed by atoms with Crippen molar-refractivity contribution in [3.8, 4) is 11.5 Å². The van der Waals surface area contributed by atoms with Gasteiger partial charge in [-0.25, -0.2) is 0 Å². The Morgan fingerprint density at radius 3 is 2.43 bits per heavy atom. The second-order valence-electron chi connectivity index (χ2n) is 9.34. The molecular formula is C23H29N3O3S. The van der Waals surface area contributed by atoms with Crippen LogP contribution in [-0.2, 0) is 16.6 Å². The van der Waals surface area contributed by atoms with E-state index in [1.165, 1.54) is 38.5 Å². The molecule has 4 aliphatic rings. The van der Waals surface area contributed by atoms with Crippen LogP contribution in [0.1, 0.15) is 55.5 Å². The summed E-state index contributed by atoms with van der Waals surface area (Å²) < 4.78 is 10.7. The van der Waals surface area contributed by atoms with E-state index in [0.717, 1.165) is 39.8 Å². The molecule has 4 aliphatic carbocycles. The first-order valence-corrected chi connectivity index (χ1v) is 11.7. The fourth-order valence-corrected chi connectivity index (χ4v) is 7.35. The average Bonchev–Trinajstić information content (AvgIpc) is 3.20. The third-order valence-electron chi connectivity index (χ3n) is 7.27. The van der Waals surface area contributed by atoms with Crippen LogP contribution in [0.2, 0.25) is 0 Å². The number of anilines is 1. The zero-order chi connectivity index (χ0) is 20.7. The molecule has 4 saturated carbocycles. The first-order chi connectivity index (χ1) is 14.6. The molecule has 1 heterocycles. The topological polar surface area (TPSA) is 73.3 Å². The minimum Gasteiger partial charge on any atom is -0.497 e. The molecule has 0 aliphatic heterocycles. The highest BCUT2D eigenvalue weighted by Gasteiger charge is 2.53. The molecule has 0 unspecified atom stereocenters. The number of methoxy groups -OCH3 is 2. The van der Waals surface area contributed by atoms with Crippen LogP contribution in [0.5, 0.6) is 11.5 Å². The fraction of sp³-hybridized carbons (Fsp3) is 0.609. The lowest BCUT2D eigenvalue weighted by molar-refractivity contribution is -0.116. The number of carbonyl (C=O) groups excluding carboxylic acids is 1. The monoisotopic (exact) mass is 427 g/mol. The van der Waals surface area contributed by atoms with Crippen LogP contribution in [0.4, 0.5) is 5.13 Å². The summed E-state index contributed by atoms with van der Waals surface area (Å²) in [5, 5.41) is 13.6. The van der Waals surface area contributed by atoms with E-state index in [1.54, 1.807) is 25.6 Å². The first kappa shape index (κ1) is 19.8. The molecule has 160 valence electrons. The van der Waals surface area contributed by atoms with Gasteiger partial charge in [-0.05, 0) is 86.5 Å². The first-order valence-electron chi connectivity index (χ1n) is 10.9. The van der Waals surface area contributed by atoms with Crippen LogP contribution in [0.3, 0.4) is 0 Å². The van der Waals surface area contributed by atoms with Crippen molar-refractivity contribution in [1.82, 2.24) is 10.2 Å². The van der Waals surface area contributed by atoms with Crippen LogP contribution >= 0.6 is 11.3 Å². The van der Waals surface area contributed by atoms with Gasteiger partial charge in [0.15, 0.2) is 0 Å². The van der Waals surface area contributed by atoms with Crippen molar-refractivity contribution < 1.29 is 14.3 Å². The zero-order valence-corrected chi connectivity index (χ0v) is 18.5. The van der Waals surface area contributed by atoms with Crippen molar-refractivity contribution in [3.05, 3.63) is 28.8 Å². The lowest BCUT2D eigenvalue weighted by atomic mass is 9.50. The smallest absolute Gasteiger partial charge is 0.226 e. The number of hydrogen-bond acceptors (Lipinski definition) is 6. The van der Waals surface area contributed by atoms with E-state index in [0.29, 0.717) is 18.0 Å². The fourth-order valence-electron chi connectivity index (χ4n) is 6.37. The van der Waals surface area contributed by atoms with Gasteiger partial charge in [-0.2, -0.15) is 0 Å². The quantitative estimate of drug-likeness (QED) is 0.699. The predicted octanol–water partition coefficient (Wildman–Crippen LogP) is 4.59. The van der Waals surface area contributed by atoms with Gasteiger partial charge < -0.3 is 14.8 Å². The summed E-state index contributed by atoms with van der Waals surface area (Å²) in [5.74, 6) is 4.09. The minimum atomic E-state index is -0.0481. The SMILES string of the molecule is COc1ccc(OC)c(CCC(=O)Nc2nnc(C34CC5CC(CC(C5)C3)C4)s2)c1. The highest BCUT2D eigenvalue weighted by atomic mass is 32.1. The summed E-state index contributed by atoms with van der Waals surface area (Å²) >= 11 is 1.59. The van der Waals surface area contributed by atoms with Crippen molar-refractivity contribution in [2.45, 2.75) is 56.8 Å². The maximum absolute atomic E-state index is 12.6. The number of nitrogens with one attached hydrogen (secondary N) is 1. The van der Waals surface area contributed by atoms with Crippen LogP contribution in [0.15, 0.2) is 18.2 Å². The molecule has 6 nitrogen and oxygen atoms in total. The number of hydrogen-bond donors (Lipinski definition) is 1. The van der Waals surface area contributed by atoms with Crippen molar-refractivity contribution in [3.63, 3.8) is 0 Å². The lowest BCUT2D eigenvalue weighted by Gasteiger charge is -2.55. The van der Waals surface area contributed by atoms with Gasteiger partial charge in [-0.1, -0.05) is 11.3 Å². The summed E-state index contributed by atoms with van der Waals surface area (Å²) in [5.41, 5.74) is 1.18. The highest BCUT2D eigenvalue weighted by molar-refractivity contribution is 7.15. The molecular weight excluding hydrogens is 398 g/mol. The molecule has 4 fully saturated rings. The summed E-state index contributed by atoms with van der Waals surface area (Å²) in [4.78, 5) is 12.6. The van der Waals surface area contributed by atoms with Crippen LogP contribution in [-0.4, -0.2) is 30.3 Å². The zero-order valence-electron chi connectivity index (χ0n) is 17.6. The van der Waals surface area contributed by atoms with E-state index in [2.05, 4.69) is 15.5 Å². The van der Waals surface area contributed by atoms with Gasteiger partial charge in [-0.3, -0.25) is 4.79 Å². The summed E-state index contributed by atoms with van der Waals surface area (Å²) in [7, 11) is 3.27. The van der Waals surface area contributed by atoms with Gasteiger partial charge >= 0.3 is 0 Å². The minimum absolute atomic E-state index is 0.0481. The molecule has 1 N–H and O–H groups in total. The molecule has 0 atom stereocenters. The molecule has 6 rings (SSSR count). The average molecular weight is 428 g/mol. The molecule has 0 spiro atoms. The Bertz CT molecular complexity index is 906. The molecule has 0 radical (unpaired) electrons. The molecule has 0 saturated heterocycles. The van der Waals surface area contributed by atoms with Gasteiger partial charge in [0.05, 0.1) is 14.2 Å².